The zero-order valence-corrected chi connectivity index (χ0v) is 12.8. The largest absolute Gasteiger partial charge is 0.497 e. The Morgan fingerprint density at radius 2 is 1.70 bits per heavy atom. The molecule has 2 rings (SSSR count). The van der Waals surface area contributed by atoms with Gasteiger partial charge in [0.2, 0.25) is 0 Å². The van der Waals surface area contributed by atoms with Gasteiger partial charge in [-0.05, 0) is 42.0 Å². The van der Waals surface area contributed by atoms with Crippen LogP contribution in [0.4, 0.5) is 0 Å². The van der Waals surface area contributed by atoms with Crippen LogP contribution in [0, 0.1) is 0 Å². The monoisotopic (exact) mass is 312 g/mol. The zero-order valence-electron chi connectivity index (χ0n) is 12.8. The highest BCUT2D eigenvalue weighted by molar-refractivity contribution is 5.91. The van der Waals surface area contributed by atoms with Gasteiger partial charge in [-0.2, -0.15) is 0 Å². The first kappa shape index (κ1) is 16.3. The summed E-state index contributed by atoms with van der Waals surface area (Å²) in [6.07, 6.45) is 2.93. The van der Waals surface area contributed by atoms with E-state index in [0.717, 1.165) is 5.56 Å². The van der Waals surface area contributed by atoms with Crippen LogP contribution in [-0.2, 0) is 9.53 Å². The van der Waals surface area contributed by atoms with Crippen molar-refractivity contribution < 1.29 is 23.8 Å². The van der Waals surface area contributed by atoms with Gasteiger partial charge in [0.25, 0.3) is 0 Å². The first-order valence-corrected chi connectivity index (χ1v) is 6.84. The van der Waals surface area contributed by atoms with Crippen LogP contribution < -0.4 is 9.47 Å². The molecule has 2 aromatic carbocycles. The summed E-state index contributed by atoms with van der Waals surface area (Å²) in [5.74, 6) is -0.0656. The maximum Gasteiger partial charge on any atom is 0.337 e. The number of benzene rings is 2. The van der Waals surface area contributed by atoms with Crippen LogP contribution in [-0.4, -0.2) is 26.2 Å². The van der Waals surface area contributed by atoms with Gasteiger partial charge >= 0.3 is 11.9 Å². The second-order valence-electron chi connectivity index (χ2n) is 4.55. The lowest BCUT2D eigenvalue weighted by atomic mass is 10.2. The molecule has 0 atom stereocenters. The van der Waals surface area contributed by atoms with Crippen molar-refractivity contribution in [1.29, 1.82) is 0 Å². The van der Waals surface area contributed by atoms with E-state index in [9.17, 15) is 9.59 Å². The van der Waals surface area contributed by atoms with Crippen LogP contribution in [0.3, 0.4) is 0 Å². The summed E-state index contributed by atoms with van der Waals surface area (Å²) in [7, 11) is 2.86. The summed E-state index contributed by atoms with van der Waals surface area (Å²) >= 11 is 0. The minimum Gasteiger partial charge on any atom is -0.497 e. The SMILES string of the molecule is COC(=O)c1cccc(OC(=O)/C=C/c2cccc(OC)c2)c1. The molecule has 0 aliphatic carbocycles. The topological polar surface area (TPSA) is 61.8 Å². The van der Waals surface area contributed by atoms with Crippen molar-refractivity contribution >= 4 is 18.0 Å². The summed E-state index contributed by atoms with van der Waals surface area (Å²) in [5.41, 5.74) is 1.12. The molecule has 0 aromatic heterocycles. The molecule has 0 aliphatic rings. The van der Waals surface area contributed by atoms with Gasteiger partial charge in [0.1, 0.15) is 11.5 Å². The third-order valence-corrected chi connectivity index (χ3v) is 2.98. The van der Waals surface area contributed by atoms with E-state index in [-0.39, 0.29) is 5.75 Å². The highest BCUT2D eigenvalue weighted by Crippen LogP contribution is 2.16. The molecule has 0 N–H and O–H groups in total. The number of esters is 2. The van der Waals surface area contributed by atoms with Gasteiger partial charge in [0, 0.05) is 6.08 Å². The average Bonchev–Trinajstić information content (AvgIpc) is 2.59. The van der Waals surface area contributed by atoms with Crippen LogP contribution in [0.15, 0.2) is 54.6 Å². The molecule has 0 spiro atoms. The lowest BCUT2D eigenvalue weighted by Crippen LogP contribution is -2.06. The Hall–Kier alpha value is -3.08. The average molecular weight is 312 g/mol. The fourth-order valence-electron chi connectivity index (χ4n) is 1.86. The van der Waals surface area contributed by atoms with E-state index in [1.165, 1.54) is 19.3 Å². The molecule has 0 heterocycles. The Bertz CT molecular complexity index is 734. The van der Waals surface area contributed by atoms with Crippen LogP contribution in [0.5, 0.6) is 11.5 Å². The highest BCUT2D eigenvalue weighted by Gasteiger charge is 2.07. The number of methoxy groups -OCH3 is 2. The molecule has 5 heteroatoms. The lowest BCUT2D eigenvalue weighted by Gasteiger charge is -2.04. The molecule has 0 radical (unpaired) electrons. The molecule has 23 heavy (non-hydrogen) atoms. The highest BCUT2D eigenvalue weighted by atomic mass is 16.5. The predicted molar refractivity (Wildman–Crippen MR) is 85.4 cm³/mol. The first-order valence-electron chi connectivity index (χ1n) is 6.84. The van der Waals surface area contributed by atoms with E-state index in [2.05, 4.69) is 4.74 Å². The Labute approximate surface area is 134 Å². The summed E-state index contributed by atoms with van der Waals surface area (Å²) < 4.78 is 14.9. The van der Waals surface area contributed by atoms with Crippen molar-refractivity contribution in [3.8, 4) is 11.5 Å². The van der Waals surface area contributed by atoms with Gasteiger partial charge in [0.05, 0.1) is 19.8 Å². The van der Waals surface area contributed by atoms with E-state index in [1.54, 1.807) is 37.5 Å². The van der Waals surface area contributed by atoms with Crippen molar-refractivity contribution in [2.24, 2.45) is 0 Å². The third-order valence-electron chi connectivity index (χ3n) is 2.98. The maximum absolute atomic E-state index is 11.8. The molecule has 5 nitrogen and oxygen atoms in total. The van der Waals surface area contributed by atoms with Gasteiger partial charge < -0.3 is 14.2 Å². The Kier molecular flexibility index (Phi) is 5.52. The molecule has 2 aromatic rings. The van der Waals surface area contributed by atoms with Gasteiger partial charge in [-0.1, -0.05) is 18.2 Å². The van der Waals surface area contributed by atoms with Gasteiger partial charge in [-0.3, -0.25) is 0 Å². The number of carbonyl (C=O) groups is 2. The number of carbonyl (C=O) groups excluding carboxylic acids is 2. The number of rotatable bonds is 5. The third kappa shape index (κ3) is 4.71. The van der Waals surface area contributed by atoms with Crippen LogP contribution in [0.1, 0.15) is 15.9 Å². The summed E-state index contributed by atoms with van der Waals surface area (Å²) in [6.45, 7) is 0. The fourth-order valence-corrected chi connectivity index (χ4v) is 1.86. The summed E-state index contributed by atoms with van der Waals surface area (Å²) in [4.78, 5) is 23.3. The minimum absolute atomic E-state index is 0.271. The second-order valence-corrected chi connectivity index (χ2v) is 4.55. The number of hydrogen-bond acceptors (Lipinski definition) is 5. The normalized spacial score (nSPS) is 10.3. The van der Waals surface area contributed by atoms with Crippen molar-refractivity contribution in [3.05, 3.63) is 65.7 Å². The molecular formula is C18H16O5. The van der Waals surface area contributed by atoms with Gasteiger partial charge in [-0.15, -0.1) is 0 Å². The zero-order chi connectivity index (χ0) is 16.7. The van der Waals surface area contributed by atoms with E-state index < -0.39 is 11.9 Å². The summed E-state index contributed by atoms with van der Waals surface area (Å²) in [5, 5.41) is 0. The van der Waals surface area contributed by atoms with Gasteiger partial charge in [0.15, 0.2) is 0 Å². The maximum atomic E-state index is 11.8. The number of hydrogen-bond donors (Lipinski definition) is 0. The Balaban J connectivity index is 2.04. The first-order chi connectivity index (χ1) is 11.1. The molecule has 0 saturated carbocycles. The lowest BCUT2D eigenvalue weighted by molar-refractivity contribution is -0.128. The molecule has 0 aliphatic heterocycles. The minimum atomic E-state index is -0.546. The fraction of sp³-hybridized carbons (Fsp3) is 0.111. The van der Waals surface area contributed by atoms with E-state index in [1.807, 2.05) is 18.2 Å². The van der Waals surface area contributed by atoms with E-state index in [4.69, 9.17) is 9.47 Å². The standard InChI is InChI=1S/C18H16O5/c1-21-15-7-3-5-13(11-15)9-10-17(19)23-16-8-4-6-14(12-16)18(20)22-2/h3-12H,1-2H3/b10-9+. The molecule has 0 fully saturated rings. The van der Waals surface area contributed by atoms with Crippen molar-refractivity contribution in [2.45, 2.75) is 0 Å². The van der Waals surface area contributed by atoms with Crippen molar-refractivity contribution in [3.63, 3.8) is 0 Å². The predicted octanol–water partition coefficient (Wildman–Crippen LogP) is 3.10. The second kappa shape index (κ2) is 7.79. The molecule has 0 bridgehead atoms. The van der Waals surface area contributed by atoms with Crippen LogP contribution in [0.25, 0.3) is 6.08 Å². The molecular weight excluding hydrogens is 296 g/mol. The molecule has 0 unspecified atom stereocenters. The Morgan fingerprint density at radius 3 is 2.43 bits per heavy atom. The van der Waals surface area contributed by atoms with E-state index in [0.29, 0.717) is 11.3 Å². The van der Waals surface area contributed by atoms with Crippen LogP contribution in [0.2, 0.25) is 0 Å². The smallest absolute Gasteiger partial charge is 0.337 e. The quantitative estimate of drug-likeness (QED) is 0.482. The van der Waals surface area contributed by atoms with Crippen molar-refractivity contribution in [2.75, 3.05) is 14.2 Å². The Morgan fingerprint density at radius 1 is 0.957 bits per heavy atom. The molecule has 0 saturated heterocycles. The van der Waals surface area contributed by atoms with Crippen LogP contribution >= 0.6 is 0 Å². The number of ether oxygens (including phenoxy) is 3. The van der Waals surface area contributed by atoms with E-state index >= 15 is 0 Å². The van der Waals surface area contributed by atoms with Crippen molar-refractivity contribution in [1.82, 2.24) is 0 Å². The van der Waals surface area contributed by atoms with Gasteiger partial charge in [-0.25, -0.2) is 9.59 Å². The summed E-state index contributed by atoms with van der Waals surface area (Å²) in [6, 6.07) is 13.5. The molecule has 0 amide bonds. The molecule has 118 valence electrons.